The molecule has 1 N–H and O–H groups in total. The molecule has 0 aliphatic heterocycles. The molecule has 0 radical (unpaired) electrons. The Hall–Kier alpha value is -1.06. The Kier molecular flexibility index (Phi) is 6.89. The van der Waals surface area contributed by atoms with Crippen molar-refractivity contribution >= 4 is 0 Å². The molecule has 0 bridgehead atoms. The second-order valence-corrected chi connectivity index (χ2v) is 5.77. The Balaban J connectivity index is 2.57. The lowest BCUT2D eigenvalue weighted by atomic mass is 9.79. The molecule has 0 aromatic carbocycles. The predicted molar refractivity (Wildman–Crippen MR) is 77.4 cm³/mol. The highest BCUT2D eigenvalue weighted by atomic mass is 16.5. The van der Waals surface area contributed by atoms with Gasteiger partial charge in [-0.1, -0.05) is 70.9 Å². The third-order valence-corrected chi connectivity index (χ3v) is 3.93. The van der Waals surface area contributed by atoms with Crippen LogP contribution < -0.4 is 5.76 Å². The van der Waals surface area contributed by atoms with Crippen molar-refractivity contribution in [3.63, 3.8) is 0 Å². The first-order valence-electron chi connectivity index (χ1n) is 7.69. The molecule has 1 atom stereocenters. The average Bonchev–Trinajstić information content (AvgIpc) is 2.83. The average molecular weight is 268 g/mol. The topological polar surface area (TPSA) is 58.9 Å². The number of aromatic nitrogens is 2. The van der Waals surface area contributed by atoms with Crippen molar-refractivity contribution < 1.29 is 4.52 Å². The van der Waals surface area contributed by atoms with E-state index in [2.05, 4.69) is 35.4 Å². The van der Waals surface area contributed by atoms with Crippen LogP contribution in [0, 0.1) is 0 Å². The van der Waals surface area contributed by atoms with Crippen LogP contribution in [0.15, 0.2) is 9.32 Å². The summed E-state index contributed by atoms with van der Waals surface area (Å²) in [5, 5.41) is 3.91. The molecule has 0 aliphatic carbocycles. The molecule has 0 amide bonds. The van der Waals surface area contributed by atoms with Gasteiger partial charge in [0.25, 0.3) is 0 Å². The molecule has 19 heavy (non-hydrogen) atoms. The molecule has 1 aromatic heterocycles. The maximum absolute atomic E-state index is 11.1. The second-order valence-electron chi connectivity index (χ2n) is 5.77. The molecular weight excluding hydrogens is 240 g/mol. The van der Waals surface area contributed by atoms with Crippen molar-refractivity contribution in [1.82, 2.24) is 10.1 Å². The predicted octanol–water partition coefficient (Wildman–Crippen LogP) is 4.17. The van der Waals surface area contributed by atoms with Gasteiger partial charge < -0.3 is 0 Å². The molecule has 0 aliphatic rings. The van der Waals surface area contributed by atoms with E-state index in [-0.39, 0.29) is 5.41 Å². The van der Waals surface area contributed by atoms with Gasteiger partial charge in [0.15, 0.2) is 5.82 Å². The Morgan fingerprint density at radius 2 is 1.68 bits per heavy atom. The number of nitrogens with zero attached hydrogens (tertiary/aromatic N) is 1. The molecule has 1 aromatic rings. The number of rotatable bonds is 10. The van der Waals surface area contributed by atoms with Gasteiger partial charge in [-0.05, 0) is 12.8 Å². The van der Waals surface area contributed by atoms with Crippen LogP contribution in [0.2, 0.25) is 0 Å². The van der Waals surface area contributed by atoms with E-state index in [1.807, 2.05) is 0 Å². The number of unbranched alkanes of at least 4 members (excludes halogenated alkanes) is 5. The number of nitrogens with one attached hydrogen (secondary N) is 1. The fourth-order valence-corrected chi connectivity index (χ4v) is 2.54. The van der Waals surface area contributed by atoms with Crippen molar-refractivity contribution in [1.29, 1.82) is 0 Å². The lowest BCUT2D eigenvalue weighted by molar-refractivity contribution is 0.320. The summed E-state index contributed by atoms with van der Waals surface area (Å²) >= 11 is 0. The summed E-state index contributed by atoms with van der Waals surface area (Å²) in [6, 6.07) is 0. The van der Waals surface area contributed by atoms with Crippen LogP contribution in [-0.4, -0.2) is 10.1 Å². The maximum atomic E-state index is 11.1. The summed E-state index contributed by atoms with van der Waals surface area (Å²) in [7, 11) is 0. The van der Waals surface area contributed by atoms with Crippen LogP contribution in [0.25, 0.3) is 0 Å². The minimum Gasteiger partial charge on any atom is -0.296 e. The molecule has 1 rings (SSSR count). The molecular formula is C15H28N2O2. The van der Waals surface area contributed by atoms with E-state index in [0.717, 1.165) is 31.5 Å². The summed E-state index contributed by atoms with van der Waals surface area (Å²) in [6.07, 6.45) is 10.8. The lowest BCUT2D eigenvalue weighted by Gasteiger charge is -2.26. The molecule has 0 fully saturated rings. The van der Waals surface area contributed by atoms with Crippen molar-refractivity contribution in [2.24, 2.45) is 0 Å². The fourth-order valence-electron chi connectivity index (χ4n) is 2.54. The number of H-pyrrole nitrogens is 1. The van der Waals surface area contributed by atoms with Crippen molar-refractivity contribution in [2.75, 3.05) is 0 Å². The van der Waals surface area contributed by atoms with Crippen LogP contribution in [-0.2, 0) is 5.41 Å². The van der Waals surface area contributed by atoms with Crippen LogP contribution in [0.5, 0.6) is 0 Å². The highest BCUT2D eigenvalue weighted by Crippen LogP contribution is 2.32. The molecule has 0 spiro atoms. The highest BCUT2D eigenvalue weighted by molar-refractivity contribution is 5.02. The van der Waals surface area contributed by atoms with Gasteiger partial charge in [0.05, 0.1) is 0 Å². The standard InChI is InChI=1S/C15H28N2O2/c1-4-6-8-9-10-12-15(3,11-7-5-2)13-16-14(18)19-17-13/h4-12H2,1-3H3,(H,16,17,18). The van der Waals surface area contributed by atoms with Crippen LogP contribution >= 0.6 is 0 Å². The normalized spacial score (nSPS) is 14.5. The smallest absolute Gasteiger partial charge is 0.296 e. The van der Waals surface area contributed by atoms with Gasteiger partial charge in [0.2, 0.25) is 0 Å². The summed E-state index contributed by atoms with van der Waals surface area (Å²) in [5.41, 5.74) is -0.0472. The Bertz CT molecular complexity index is 397. The Labute approximate surface area is 116 Å². The molecule has 0 saturated carbocycles. The van der Waals surface area contributed by atoms with Crippen molar-refractivity contribution in [3.8, 4) is 0 Å². The third-order valence-electron chi connectivity index (χ3n) is 3.93. The minimum atomic E-state index is -0.441. The SMILES string of the molecule is CCCCCCCC(C)(CCCC)c1noc(=O)[nH]1. The van der Waals surface area contributed by atoms with E-state index in [1.165, 1.54) is 32.1 Å². The van der Waals surface area contributed by atoms with E-state index < -0.39 is 5.76 Å². The number of aromatic amines is 1. The first kappa shape index (κ1) is 16.0. The first-order valence-corrected chi connectivity index (χ1v) is 7.69. The zero-order chi connectivity index (χ0) is 14.1. The monoisotopic (exact) mass is 268 g/mol. The Morgan fingerprint density at radius 1 is 1.05 bits per heavy atom. The van der Waals surface area contributed by atoms with Gasteiger partial charge in [-0.2, -0.15) is 0 Å². The van der Waals surface area contributed by atoms with E-state index in [9.17, 15) is 4.79 Å². The lowest BCUT2D eigenvalue weighted by Crippen LogP contribution is -2.24. The van der Waals surface area contributed by atoms with Gasteiger partial charge in [0, 0.05) is 5.41 Å². The van der Waals surface area contributed by atoms with Crippen LogP contribution in [0.1, 0.15) is 84.4 Å². The van der Waals surface area contributed by atoms with Gasteiger partial charge in [-0.3, -0.25) is 9.51 Å². The molecule has 4 heteroatoms. The second kappa shape index (κ2) is 8.18. The zero-order valence-corrected chi connectivity index (χ0v) is 12.6. The van der Waals surface area contributed by atoms with Crippen molar-refractivity contribution in [3.05, 3.63) is 16.4 Å². The maximum Gasteiger partial charge on any atom is 0.438 e. The molecule has 0 saturated heterocycles. The molecule has 110 valence electrons. The fraction of sp³-hybridized carbons (Fsp3) is 0.867. The zero-order valence-electron chi connectivity index (χ0n) is 12.6. The molecule has 4 nitrogen and oxygen atoms in total. The van der Waals surface area contributed by atoms with E-state index in [4.69, 9.17) is 0 Å². The van der Waals surface area contributed by atoms with E-state index in [1.54, 1.807) is 0 Å². The number of hydrogen-bond acceptors (Lipinski definition) is 3. The van der Waals surface area contributed by atoms with Gasteiger partial charge in [-0.25, -0.2) is 4.79 Å². The Morgan fingerprint density at radius 3 is 2.26 bits per heavy atom. The van der Waals surface area contributed by atoms with Crippen LogP contribution in [0.3, 0.4) is 0 Å². The van der Waals surface area contributed by atoms with Gasteiger partial charge in [0.1, 0.15) is 0 Å². The van der Waals surface area contributed by atoms with Gasteiger partial charge in [-0.15, -0.1) is 0 Å². The third kappa shape index (κ3) is 5.21. The summed E-state index contributed by atoms with van der Waals surface area (Å²) in [4.78, 5) is 13.9. The first-order chi connectivity index (χ1) is 9.12. The molecule has 1 heterocycles. The largest absolute Gasteiger partial charge is 0.438 e. The molecule has 1 unspecified atom stereocenters. The summed E-state index contributed by atoms with van der Waals surface area (Å²) in [5.74, 6) is 0.283. The van der Waals surface area contributed by atoms with E-state index in [0.29, 0.717) is 0 Å². The summed E-state index contributed by atoms with van der Waals surface area (Å²) in [6.45, 7) is 6.61. The van der Waals surface area contributed by atoms with E-state index >= 15 is 0 Å². The highest BCUT2D eigenvalue weighted by Gasteiger charge is 2.29. The minimum absolute atomic E-state index is 0.0472. The number of hydrogen-bond donors (Lipinski definition) is 1. The van der Waals surface area contributed by atoms with Gasteiger partial charge >= 0.3 is 5.76 Å². The summed E-state index contributed by atoms with van der Waals surface area (Å²) < 4.78 is 4.67. The van der Waals surface area contributed by atoms with Crippen LogP contribution in [0.4, 0.5) is 0 Å². The quantitative estimate of drug-likeness (QED) is 0.648. The van der Waals surface area contributed by atoms with Crippen molar-refractivity contribution in [2.45, 2.75) is 84.0 Å².